The molecule has 22 heavy (non-hydrogen) atoms. The van der Waals surface area contributed by atoms with Crippen LogP contribution in [0.25, 0.3) is 5.69 Å². The van der Waals surface area contributed by atoms with Crippen LogP contribution in [-0.2, 0) is 0 Å². The lowest BCUT2D eigenvalue weighted by Gasteiger charge is -2.32. The van der Waals surface area contributed by atoms with Crippen LogP contribution in [0, 0.1) is 5.92 Å². The molecule has 1 saturated heterocycles. The van der Waals surface area contributed by atoms with Crippen molar-refractivity contribution in [1.29, 1.82) is 0 Å². The number of hydrogen-bond acceptors (Lipinski definition) is 3. The van der Waals surface area contributed by atoms with Crippen molar-refractivity contribution < 1.29 is 4.79 Å². The largest absolute Gasteiger partial charge is 0.338 e. The van der Waals surface area contributed by atoms with Gasteiger partial charge in [0.25, 0.3) is 5.91 Å². The van der Waals surface area contributed by atoms with Crippen LogP contribution in [0.1, 0.15) is 23.2 Å². The quantitative estimate of drug-likeness (QED) is 0.938. The summed E-state index contributed by atoms with van der Waals surface area (Å²) >= 11 is 0. The van der Waals surface area contributed by atoms with Crippen LogP contribution >= 0.6 is 0 Å². The summed E-state index contributed by atoms with van der Waals surface area (Å²) in [5.74, 6) is 0.673. The van der Waals surface area contributed by atoms with E-state index in [0.717, 1.165) is 37.3 Å². The van der Waals surface area contributed by atoms with Crippen molar-refractivity contribution in [2.75, 3.05) is 26.7 Å². The highest BCUT2D eigenvalue weighted by Gasteiger charge is 2.24. The number of nitrogens with zero attached hydrogens (tertiary/aromatic N) is 3. The smallest absolute Gasteiger partial charge is 0.253 e. The summed E-state index contributed by atoms with van der Waals surface area (Å²) in [6, 6.07) is 9.55. The van der Waals surface area contributed by atoms with Crippen LogP contribution in [0.3, 0.4) is 0 Å². The molecule has 5 nitrogen and oxygen atoms in total. The molecule has 116 valence electrons. The number of piperidine rings is 1. The summed E-state index contributed by atoms with van der Waals surface area (Å²) in [6.45, 7) is 2.66. The van der Waals surface area contributed by atoms with E-state index < -0.39 is 0 Å². The summed E-state index contributed by atoms with van der Waals surface area (Å²) < 4.78 is 1.77. The molecule has 1 aromatic carbocycles. The van der Waals surface area contributed by atoms with Crippen LogP contribution in [0.2, 0.25) is 0 Å². The van der Waals surface area contributed by atoms with Gasteiger partial charge in [-0.3, -0.25) is 4.79 Å². The van der Waals surface area contributed by atoms with Gasteiger partial charge in [0.2, 0.25) is 0 Å². The fourth-order valence-electron chi connectivity index (χ4n) is 3.09. The summed E-state index contributed by atoms with van der Waals surface area (Å²) in [5.41, 5.74) is 1.65. The Morgan fingerprint density at radius 2 is 2.32 bits per heavy atom. The SMILES string of the molecule is CNC[C@@H]1CCCN(C(=O)c2cccc(-n3cccn3)c2)C1. The number of hydrogen-bond donors (Lipinski definition) is 1. The Kier molecular flexibility index (Phi) is 4.53. The molecular formula is C17H22N4O. The summed E-state index contributed by atoms with van der Waals surface area (Å²) in [7, 11) is 1.97. The minimum atomic E-state index is 0.120. The van der Waals surface area contributed by atoms with Gasteiger partial charge < -0.3 is 10.2 Å². The van der Waals surface area contributed by atoms with Crippen molar-refractivity contribution in [2.45, 2.75) is 12.8 Å². The minimum Gasteiger partial charge on any atom is -0.338 e. The molecule has 0 radical (unpaired) electrons. The summed E-state index contributed by atoms with van der Waals surface area (Å²) in [5, 5.41) is 7.43. The van der Waals surface area contributed by atoms with Crippen LogP contribution < -0.4 is 5.32 Å². The van der Waals surface area contributed by atoms with Gasteiger partial charge in [-0.25, -0.2) is 4.68 Å². The van der Waals surface area contributed by atoms with Gasteiger partial charge in [-0.1, -0.05) is 6.07 Å². The molecule has 3 rings (SSSR count). The summed E-state index contributed by atoms with van der Waals surface area (Å²) in [4.78, 5) is 14.7. The standard InChI is InChI=1S/C17H22N4O/c1-18-12-14-5-3-9-20(13-14)17(22)15-6-2-7-16(11-15)21-10-4-8-19-21/h2,4,6-8,10-11,14,18H,3,5,9,12-13H2,1H3/t14-/m0/s1. The third-order valence-corrected chi connectivity index (χ3v) is 4.16. The molecule has 1 amide bonds. The molecule has 0 spiro atoms. The number of rotatable bonds is 4. The summed E-state index contributed by atoms with van der Waals surface area (Å²) in [6.07, 6.45) is 5.89. The van der Waals surface area contributed by atoms with E-state index in [4.69, 9.17) is 0 Å². The fraction of sp³-hybridized carbons (Fsp3) is 0.412. The maximum absolute atomic E-state index is 12.7. The van der Waals surface area contributed by atoms with Crippen molar-refractivity contribution in [3.63, 3.8) is 0 Å². The molecule has 0 saturated carbocycles. The Bertz CT molecular complexity index is 621. The first kappa shape index (κ1) is 14.8. The van der Waals surface area contributed by atoms with Crippen molar-refractivity contribution >= 4 is 5.91 Å². The fourth-order valence-corrected chi connectivity index (χ4v) is 3.09. The molecular weight excluding hydrogens is 276 g/mol. The van der Waals surface area contributed by atoms with Crippen LogP contribution in [-0.4, -0.2) is 47.3 Å². The van der Waals surface area contributed by atoms with Crippen molar-refractivity contribution in [3.05, 3.63) is 48.3 Å². The third kappa shape index (κ3) is 3.20. The predicted molar refractivity (Wildman–Crippen MR) is 86.1 cm³/mol. The molecule has 0 bridgehead atoms. The zero-order valence-electron chi connectivity index (χ0n) is 12.9. The van der Waals surface area contributed by atoms with Gasteiger partial charge in [-0.15, -0.1) is 0 Å². The van der Waals surface area contributed by atoms with Crippen molar-refractivity contribution in [2.24, 2.45) is 5.92 Å². The average molecular weight is 298 g/mol. The van der Waals surface area contributed by atoms with E-state index in [9.17, 15) is 4.79 Å². The number of amides is 1. The van der Waals surface area contributed by atoms with Gasteiger partial charge >= 0.3 is 0 Å². The normalized spacial score (nSPS) is 18.4. The van der Waals surface area contributed by atoms with Crippen molar-refractivity contribution in [1.82, 2.24) is 20.0 Å². The molecule has 2 aromatic rings. The minimum absolute atomic E-state index is 0.120. The third-order valence-electron chi connectivity index (χ3n) is 4.16. The first-order valence-corrected chi connectivity index (χ1v) is 7.82. The zero-order chi connectivity index (χ0) is 15.4. The Balaban J connectivity index is 1.76. The Morgan fingerprint density at radius 1 is 1.41 bits per heavy atom. The van der Waals surface area contributed by atoms with Crippen molar-refractivity contribution in [3.8, 4) is 5.69 Å². The molecule has 2 heterocycles. The lowest BCUT2D eigenvalue weighted by Crippen LogP contribution is -2.42. The predicted octanol–water partition coefficient (Wildman–Crippen LogP) is 1.94. The Morgan fingerprint density at radius 3 is 3.09 bits per heavy atom. The monoisotopic (exact) mass is 298 g/mol. The highest BCUT2D eigenvalue weighted by Crippen LogP contribution is 2.19. The number of carbonyl (C=O) groups excluding carboxylic acids is 1. The number of likely N-dealkylation sites (tertiary alicyclic amines) is 1. The van der Waals surface area contributed by atoms with E-state index in [1.54, 1.807) is 10.9 Å². The molecule has 0 unspecified atom stereocenters. The lowest BCUT2D eigenvalue weighted by molar-refractivity contribution is 0.0674. The van der Waals surface area contributed by atoms with Gasteiger partial charge in [0.05, 0.1) is 5.69 Å². The molecule has 1 aromatic heterocycles. The topological polar surface area (TPSA) is 50.2 Å². The average Bonchev–Trinajstić information content (AvgIpc) is 3.09. The zero-order valence-corrected chi connectivity index (χ0v) is 12.9. The number of carbonyl (C=O) groups is 1. The first-order chi connectivity index (χ1) is 10.8. The van der Waals surface area contributed by atoms with Gasteiger partial charge in [-0.05, 0) is 56.6 Å². The molecule has 5 heteroatoms. The highest BCUT2D eigenvalue weighted by atomic mass is 16.2. The van der Waals surface area contributed by atoms with E-state index in [0.29, 0.717) is 5.92 Å². The molecule has 1 aliphatic heterocycles. The second kappa shape index (κ2) is 6.75. The maximum Gasteiger partial charge on any atom is 0.253 e. The van der Waals surface area contributed by atoms with Crippen LogP contribution in [0.5, 0.6) is 0 Å². The Labute approximate surface area is 130 Å². The van der Waals surface area contributed by atoms with E-state index >= 15 is 0 Å². The van der Waals surface area contributed by atoms with Crippen LogP contribution in [0.15, 0.2) is 42.7 Å². The van der Waals surface area contributed by atoms with E-state index in [1.807, 2.05) is 48.5 Å². The Hall–Kier alpha value is -2.14. The van der Waals surface area contributed by atoms with E-state index in [2.05, 4.69) is 10.4 Å². The number of aromatic nitrogens is 2. The van der Waals surface area contributed by atoms with Gasteiger partial charge in [0.15, 0.2) is 0 Å². The lowest BCUT2D eigenvalue weighted by atomic mass is 9.97. The molecule has 1 atom stereocenters. The molecule has 1 fully saturated rings. The maximum atomic E-state index is 12.7. The van der Waals surface area contributed by atoms with Gasteiger partial charge in [0, 0.05) is 31.0 Å². The number of benzene rings is 1. The second-order valence-corrected chi connectivity index (χ2v) is 5.82. The molecule has 1 N–H and O–H groups in total. The van der Waals surface area contributed by atoms with Gasteiger partial charge in [-0.2, -0.15) is 5.10 Å². The van der Waals surface area contributed by atoms with Gasteiger partial charge in [0.1, 0.15) is 0 Å². The second-order valence-electron chi connectivity index (χ2n) is 5.82. The molecule has 0 aliphatic carbocycles. The van der Waals surface area contributed by atoms with E-state index in [-0.39, 0.29) is 5.91 Å². The number of nitrogens with one attached hydrogen (secondary N) is 1. The first-order valence-electron chi connectivity index (χ1n) is 7.82. The highest BCUT2D eigenvalue weighted by molar-refractivity contribution is 5.94. The van der Waals surface area contributed by atoms with E-state index in [1.165, 1.54) is 6.42 Å². The van der Waals surface area contributed by atoms with Crippen LogP contribution in [0.4, 0.5) is 0 Å². The molecule has 1 aliphatic rings.